The second-order valence-electron chi connectivity index (χ2n) is 5.96. The highest BCUT2D eigenvalue weighted by molar-refractivity contribution is 7.89. The molecule has 1 aliphatic rings. The maximum absolute atomic E-state index is 13.7. The van der Waals surface area contributed by atoms with Crippen molar-refractivity contribution in [2.45, 2.75) is 18.0 Å². The van der Waals surface area contributed by atoms with Gasteiger partial charge in [-0.1, -0.05) is 36.4 Å². The summed E-state index contributed by atoms with van der Waals surface area (Å²) < 4.78 is 45.8. The molecule has 0 atom stereocenters. The fourth-order valence-corrected chi connectivity index (χ4v) is 3.79. The molecular formula is C18H21FN2O3S. The van der Waals surface area contributed by atoms with Crippen molar-refractivity contribution in [1.29, 1.82) is 0 Å². The monoisotopic (exact) mass is 364 g/mol. The van der Waals surface area contributed by atoms with E-state index in [-0.39, 0.29) is 11.4 Å². The van der Waals surface area contributed by atoms with Crippen molar-refractivity contribution in [2.24, 2.45) is 0 Å². The maximum Gasteiger partial charge on any atom is 0.243 e. The van der Waals surface area contributed by atoms with Crippen LogP contribution in [0.5, 0.6) is 0 Å². The van der Waals surface area contributed by atoms with E-state index in [1.165, 1.54) is 23.8 Å². The van der Waals surface area contributed by atoms with E-state index >= 15 is 0 Å². The predicted molar refractivity (Wildman–Crippen MR) is 93.0 cm³/mol. The molecule has 1 heterocycles. The minimum atomic E-state index is -3.87. The van der Waals surface area contributed by atoms with Crippen molar-refractivity contribution in [2.75, 3.05) is 26.3 Å². The molecule has 0 unspecified atom stereocenters. The van der Waals surface area contributed by atoms with Crippen LogP contribution >= 0.6 is 0 Å². The van der Waals surface area contributed by atoms with Crippen LogP contribution in [0.4, 0.5) is 4.39 Å². The number of nitrogens with one attached hydrogen (secondary N) is 1. The van der Waals surface area contributed by atoms with Gasteiger partial charge in [0.1, 0.15) is 10.7 Å². The van der Waals surface area contributed by atoms with Gasteiger partial charge in [-0.05, 0) is 23.3 Å². The van der Waals surface area contributed by atoms with Gasteiger partial charge in [-0.2, -0.15) is 0 Å². The molecule has 134 valence electrons. The van der Waals surface area contributed by atoms with E-state index in [1.54, 1.807) is 0 Å². The van der Waals surface area contributed by atoms with Crippen LogP contribution in [0, 0.1) is 5.82 Å². The summed E-state index contributed by atoms with van der Waals surface area (Å²) in [6.45, 7) is 4.33. The zero-order chi connectivity index (χ0) is 17.7. The van der Waals surface area contributed by atoms with Gasteiger partial charge in [0.2, 0.25) is 10.0 Å². The van der Waals surface area contributed by atoms with Gasteiger partial charge in [0, 0.05) is 26.2 Å². The van der Waals surface area contributed by atoms with Crippen molar-refractivity contribution < 1.29 is 17.5 Å². The summed E-state index contributed by atoms with van der Waals surface area (Å²) in [5.41, 5.74) is 1.99. The lowest BCUT2D eigenvalue weighted by Crippen LogP contribution is -2.35. The van der Waals surface area contributed by atoms with E-state index in [9.17, 15) is 12.8 Å². The lowest BCUT2D eigenvalue weighted by atomic mass is 10.1. The Balaban J connectivity index is 1.59. The van der Waals surface area contributed by atoms with Crippen LogP contribution < -0.4 is 4.72 Å². The highest BCUT2D eigenvalue weighted by Gasteiger charge is 2.18. The Hall–Kier alpha value is -1.80. The minimum Gasteiger partial charge on any atom is -0.379 e. The summed E-state index contributed by atoms with van der Waals surface area (Å²) in [5, 5.41) is 0. The molecule has 0 saturated carbocycles. The Labute approximate surface area is 147 Å². The van der Waals surface area contributed by atoms with E-state index in [0.717, 1.165) is 44.5 Å². The van der Waals surface area contributed by atoms with Crippen molar-refractivity contribution in [3.05, 3.63) is 65.5 Å². The number of rotatable bonds is 6. The van der Waals surface area contributed by atoms with Crippen LogP contribution in [-0.2, 0) is 27.8 Å². The van der Waals surface area contributed by atoms with E-state index < -0.39 is 15.8 Å². The number of halogens is 1. The number of hydrogen-bond donors (Lipinski definition) is 1. The van der Waals surface area contributed by atoms with E-state index in [4.69, 9.17) is 4.74 Å². The summed E-state index contributed by atoms with van der Waals surface area (Å²) in [4.78, 5) is 1.98. The molecule has 0 bridgehead atoms. The maximum atomic E-state index is 13.7. The van der Waals surface area contributed by atoms with Crippen LogP contribution in [0.25, 0.3) is 0 Å². The number of hydrogen-bond acceptors (Lipinski definition) is 4. The standard InChI is InChI=1S/C18H21FN2O3S/c19-17-3-1-2-4-18(17)25(22,23)20-13-15-5-7-16(8-6-15)14-21-9-11-24-12-10-21/h1-8,20H,9-14H2. The third kappa shape index (κ3) is 4.85. The third-order valence-electron chi connectivity index (χ3n) is 4.13. The second kappa shape index (κ2) is 8.05. The quantitative estimate of drug-likeness (QED) is 0.853. The Kier molecular flexibility index (Phi) is 5.80. The largest absolute Gasteiger partial charge is 0.379 e. The molecule has 5 nitrogen and oxygen atoms in total. The topological polar surface area (TPSA) is 58.6 Å². The van der Waals surface area contributed by atoms with Crippen molar-refractivity contribution in [3.8, 4) is 0 Å². The van der Waals surface area contributed by atoms with Crippen LogP contribution in [0.2, 0.25) is 0 Å². The molecule has 2 aromatic carbocycles. The average Bonchev–Trinajstić information content (AvgIpc) is 2.62. The molecular weight excluding hydrogens is 343 g/mol. The zero-order valence-electron chi connectivity index (χ0n) is 13.8. The Morgan fingerprint density at radius 3 is 2.32 bits per heavy atom. The van der Waals surface area contributed by atoms with Crippen molar-refractivity contribution >= 4 is 10.0 Å². The number of ether oxygens (including phenoxy) is 1. The lowest BCUT2D eigenvalue weighted by Gasteiger charge is -2.26. The van der Waals surface area contributed by atoms with Gasteiger partial charge < -0.3 is 4.74 Å². The minimum absolute atomic E-state index is 0.120. The summed E-state index contributed by atoms with van der Waals surface area (Å²) >= 11 is 0. The molecule has 1 fully saturated rings. The van der Waals surface area contributed by atoms with Gasteiger partial charge in [-0.3, -0.25) is 4.90 Å². The molecule has 7 heteroatoms. The zero-order valence-corrected chi connectivity index (χ0v) is 14.6. The third-order valence-corrected chi connectivity index (χ3v) is 5.56. The molecule has 0 aliphatic carbocycles. The SMILES string of the molecule is O=S(=O)(NCc1ccc(CN2CCOCC2)cc1)c1ccccc1F. The van der Waals surface area contributed by atoms with Crippen LogP contribution in [0.3, 0.4) is 0 Å². The van der Waals surface area contributed by atoms with Gasteiger partial charge in [0.05, 0.1) is 13.2 Å². The van der Waals surface area contributed by atoms with Crippen LogP contribution in [0.1, 0.15) is 11.1 Å². The van der Waals surface area contributed by atoms with E-state index in [1.807, 2.05) is 24.3 Å². The highest BCUT2D eigenvalue weighted by atomic mass is 32.2. The fraction of sp³-hybridized carbons (Fsp3) is 0.333. The molecule has 1 saturated heterocycles. The highest BCUT2D eigenvalue weighted by Crippen LogP contribution is 2.14. The second-order valence-corrected chi connectivity index (χ2v) is 7.70. The summed E-state index contributed by atoms with van der Waals surface area (Å²) in [6, 6.07) is 13.1. The predicted octanol–water partition coefficient (Wildman–Crippen LogP) is 2.14. The van der Waals surface area contributed by atoms with Gasteiger partial charge in [0.15, 0.2) is 0 Å². The summed E-state index contributed by atoms with van der Waals surface area (Å²) in [6.07, 6.45) is 0. The molecule has 0 spiro atoms. The molecule has 3 rings (SSSR count). The summed E-state index contributed by atoms with van der Waals surface area (Å²) in [5.74, 6) is -0.754. The number of morpholine rings is 1. The van der Waals surface area contributed by atoms with Gasteiger partial charge in [-0.25, -0.2) is 17.5 Å². The smallest absolute Gasteiger partial charge is 0.243 e. The van der Waals surface area contributed by atoms with E-state index in [0.29, 0.717) is 0 Å². The average molecular weight is 364 g/mol. The fourth-order valence-electron chi connectivity index (χ4n) is 2.70. The normalized spacial score (nSPS) is 16.0. The first-order valence-electron chi connectivity index (χ1n) is 8.17. The van der Waals surface area contributed by atoms with Crippen molar-refractivity contribution in [1.82, 2.24) is 9.62 Å². The Bertz CT molecular complexity index is 803. The first-order valence-corrected chi connectivity index (χ1v) is 9.65. The van der Waals surface area contributed by atoms with Gasteiger partial charge in [-0.15, -0.1) is 0 Å². The molecule has 0 radical (unpaired) electrons. The Morgan fingerprint density at radius 2 is 1.64 bits per heavy atom. The van der Waals surface area contributed by atoms with Crippen LogP contribution in [0.15, 0.2) is 53.4 Å². The molecule has 1 N–H and O–H groups in total. The molecule has 25 heavy (non-hydrogen) atoms. The van der Waals surface area contributed by atoms with Crippen molar-refractivity contribution in [3.63, 3.8) is 0 Å². The first-order chi connectivity index (χ1) is 12.0. The lowest BCUT2D eigenvalue weighted by molar-refractivity contribution is 0.0342. The molecule has 0 aromatic heterocycles. The number of sulfonamides is 1. The number of benzene rings is 2. The number of nitrogens with zero attached hydrogens (tertiary/aromatic N) is 1. The molecule has 2 aromatic rings. The van der Waals surface area contributed by atoms with Crippen LogP contribution in [-0.4, -0.2) is 39.6 Å². The Morgan fingerprint density at radius 1 is 1.00 bits per heavy atom. The summed E-state index contributed by atoms with van der Waals surface area (Å²) in [7, 11) is -3.87. The van der Waals surface area contributed by atoms with Gasteiger partial charge in [0.25, 0.3) is 0 Å². The van der Waals surface area contributed by atoms with E-state index in [2.05, 4.69) is 9.62 Å². The first kappa shape index (κ1) is 18.0. The molecule has 1 aliphatic heterocycles. The van der Waals surface area contributed by atoms with Gasteiger partial charge >= 0.3 is 0 Å². The molecule has 0 amide bonds.